The third-order valence-electron chi connectivity index (χ3n) is 3.13. The number of nitrogens with zero attached hydrogens (tertiary/aromatic N) is 2. The van der Waals surface area contributed by atoms with Gasteiger partial charge in [0.25, 0.3) is 0 Å². The van der Waals surface area contributed by atoms with E-state index in [1.54, 1.807) is 0 Å². The van der Waals surface area contributed by atoms with E-state index in [9.17, 15) is 0 Å². The van der Waals surface area contributed by atoms with Crippen LogP contribution in [-0.2, 0) is 6.54 Å². The van der Waals surface area contributed by atoms with Gasteiger partial charge in [-0.2, -0.15) is 0 Å². The number of likely N-dealkylation sites (N-methyl/N-ethyl adjacent to an activating group) is 2. The lowest BCUT2D eigenvalue weighted by molar-refractivity contribution is 0.207. The molecule has 2 unspecified atom stereocenters. The topological polar surface area (TPSA) is 28.2 Å². The van der Waals surface area contributed by atoms with Crippen molar-refractivity contribution in [2.24, 2.45) is 0 Å². The Morgan fingerprint density at radius 2 is 1.94 bits per heavy atom. The normalized spacial score (nSPS) is 15.1. The summed E-state index contributed by atoms with van der Waals surface area (Å²) in [6.45, 7) is 8.63. The van der Waals surface area contributed by atoms with E-state index in [-0.39, 0.29) is 0 Å². The molecule has 0 amide bonds. The molecule has 1 aromatic rings. The molecule has 1 aromatic heterocycles. The monoisotopic (exact) mass is 221 g/mol. The summed E-state index contributed by atoms with van der Waals surface area (Å²) in [4.78, 5) is 6.39. The largest absolute Gasteiger partial charge is 0.313 e. The van der Waals surface area contributed by atoms with Gasteiger partial charge >= 0.3 is 0 Å². The van der Waals surface area contributed by atoms with E-state index in [1.165, 1.54) is 5.56 Å². The second-order valence-electron chi connectivity index (χ2n) is 4.36. The molecule has 0 aliphatic heterocycles. The summed E-state index contributed by atoms with van der Waals surface area (Å²) in [5, 5.41) is 3.46. The van der Waals surface area contributed by atoms with Crippen LogP contribution < -0.4 is 5.32 Å². The SMILES string of the molecule is CCNC(C)C(C)N(C)Cc1ccncc1. The van der Waals surface area contributed by atoms with Crippen LogP contribution in [0.25, 0.3) is 0 Å². The zero-order chi connectivity index (χ0) is 12.0. The Morgan fingerprint density at radius 1 is 1.31 bits per heavy atom. The van der Waals surface area contributed by atoms with E-state index in [0.29, 0.717) is 12.1 Å². The molecule has 0 aliphatic carbocycles. The number of hydrogen-bond acceptors (Lipinski definition) is 3. The van der Waals surface area contributed by atoms with Gasteiger partial charge in [-0.05, 0) is 45.1 Å². The minimum Gasteiger partial charge on any atom is -0.313 e. The summed E-state index contributed by atoms with van der Waals surface area (Å²) in [7, 11) is 2.17. The average Bonchev–Trinajstić information content (AvgIpc) is 2.29. The van der Waals surface area contributed by atoms with Crippen LogP contribution in [0.15, 0.2) is 24.5 Å². The molecule has 1 rings (SSSR count). The van der Waals surface area contributed by atoms with Gasteiger partial charge in [-0.15, -0.1) is 0 Å². The van der Waals surface area contributed by atoms with Crippen LogP contribution in [0.4, 0.5) is 0 Å². The third-order valence-corrected chi connectivity index (χ3v) is 3.13. The van der Waals surface area contributed by atoms with E-state index in [4.69, 9.17) is 0 Å². The highest BCUT2D eigenvalue weighted by Crippen LogP contribution is 2.07. The lowest BCUT2D eigenvalue weighted by atomic mass is 10.1. The van der Waals surface area contributed by atoms with Crippen molar-refractivity contribution < 1.29 is 0 Å². The summed E-state index contributed by atoms with van der Waals surface area (Å²) in [5.74, 6) is 0. The molecule has 2 atom stereocenters. The highest BCUT2D eigenvalue weighted by Gasteiger charge is 2.15. The first-order valence-corrected chi connectivity index (χ1v) is 5.97. The van der Waals surface area contributed by atoms with Crippen LogP contribution in [0.5, 0.6) is 0 Å². The number of aromatic nitrogens is 1. The summed E-state index contributed by atoms with van der Waals surface area (Å²) in [6.07, 6.45) is 3.70. The predicted octanol–water partition coefficient (Wildman–Crippen LogP) is 1.90. The summed E-state index contributed by atoms with van der Waals surface area (Å²) in [5.41, 5.74) is 1.31. The quantitative estimate of drug-likeness (QED) is 0.795. The molecule has 0 radical (unpaired) electrons. The molecule has 3 nitrogen and oxygen atoms in total. The summed E-state index contributed by atoms with van der Waals surface area (Å²) >= 11 is 0. The van der Waals surface area contributed by atoms with Gasteiger partial charge in [-0.25, -0.2) is 0 Å². The van der Waals surface area contributed by atoms with E-state index < -0.39 is 0 Å². The second kappa shape index (κ2) is 6.61. The highest BCUT2D eigenvalue weighted by atomic mass is 15.2. The Balaban J connectivity index is 2.48. The summed E-state index contributed by atoms with van der Waals surface area (Å²) in [6, 6.07) is 5.17. The van der Waals surface area contributed by atoms with Crippen molar-refractivity contribution in [3.8, 4) is 0 Å². The van der Waals surface area contributed by atoms with E-state index in [0.717, 1.165) is 13.1 Å². The van der Waals surface area contributed by atoms with Gasteiger partial charge in [0, 0.05) is 31.0 Å². The van der Waals surface area contributed by atoms with Crippen molar-refractivity contribution in [2.75, 3.05) is 13.6 Å². The molecule has 3 heteroatoms. The zero-order valence-electron chi connectivity index (χ0n) is 10.8. The molecule has 0 fully saturated rings. The third kappa shape index (κ3) is 3.91. The first-order chi connectivity index (χ1) is 7.65. The van der Waals surface area contributed by atoms with E-state index in [2.05, 4.69) is 55.2 Å². The molecule has 0 spiro atoms. The van der Waals surface area contributed by atoms with Crippen LogP contribution >= 0.6 is 0 Å². The van der Waals surface area contributed by atoms with E-state index >= 15 is 0 Å². The highest BCUT2D eigenvalue weighted by molar-refractivity contribution is 5.09. The molecule has 0 saturated heterocycles. The lowest BCUT2D eigenvalue weighted by Crippen LogP contribution is -2.44. The maximum Gasteiger partial charge on any atom is 0.0271 e. The smallest absolute Gasteiger partial charge is 0.0271 e. The minimum atomic E-state index is 0.511. The fraction of sp³-hybridized carbons (Fsp3) is 0.615. The number of rotatable bonds is 6. The van der Waals surface area contributed by atoms with Gasteiger partial charge in [0.1, 0.15) is 0 Å². The van der Waals surface area contributed by atoms with Crippen molar-refractivity contribution in [3.05, 3.63) is 30.1 Å². The van der Waals surface area contributed by atoms with Crippen molar-refractivity contribution in [3.63, 3.8) is 0 Å². The molecule has 0 saturated carbocycles. The number of pyridine rings is 1. The fourth-order valence-corrected chi connectivity index (χ4v) is 1.79. The second-order valence-corrected chi connectivity index (χ2v) is 4.36. The van der Waals surface area contributed by atoms with Crippen molar-refractivity contribution in [1.29, 1.82) is 0 Å². The van der Waals surface area contributed by atoms with Crippen LogP contribution in [-0.4, -0.2) is 35.6 Å². The first kappa shape index (κ1) is 13.1. The van der Waals surface area contributed by atoms with Gasteiger partial charge in [0.2, 0.25) is 0 Å². The Bertz CT molecular complexity index is 286. The lowest BCUT2D eigenvalue weighted by Gasteiger charge is -2.30. The molecule has 0 bridgehead atoms. The molecular formula is C13H23N3. The molecule has 1 N–H and O–H groups in total. The van der Waals surface area contributed by atoms with Crippen molar-refractivity contribution in [1.82, 2.24) is 15.2 Å². The Kier molecular flexibility index (Phi) is 5.43. The van der Waals surface area contributed by atoms with Crippen LogP contribution in [0, 0.1) is 0 Å². The van der Waals surface area contributed by atoms with Gasteiger partial charge in [-0.1, -0.05) is 6.92 Å². The zero-order valence-corrected chi connectivity index (χ0v) is 10.8. The Labute approximate surface area is 98.9 Å². The molecule has 90 valence electrons. The molecular weight excluding hydrogens is 198 g/mol. The predicted molar refractivity (Wildman–Crippen MR) is 68.3 cm³/mol. The van der Waals surface area contributed by atoms with Gasteiger partial charge in [0.15, 0.2) is 0 Å². The van der Waals surface area contributed by atoms with Crippen molar-refractivity contribution >= 4 is 0 Å². The molecule has 1 heterocycles. The van der Waals surface area contributed by atoms with Crippen LogP contribution in [0.1, 0.15) is 26.3 Å². The van der Waals surface area contributed by atoms with E-state index in [1.807, 2.05) is 12.4 Å². The standard InChI is InChI=1S/C13H23N3/c1-5-15-11(2)12(3)16(4)10-13-6-8-14-9-7-13/h6-9,11-12,15H,5,10H2,1-4H3. The van der Waals surface area contributed by atoms with Crippen LogP contribution in [0.2, 0.25) is 0 Å². The maximum absolute atomic E-state index is 4.03. The molecule has 16 heavy (non-hydrogen) atoms. The molecule has 0 aromatic carbocycles. The van der Waals surface area contributed by atoms with Gasteiger partial charge in [0.05, 0.1) is 0 Å². The fourth-order valence-electron chi connectivity index (χ4n) is 1.79. The number of hydrogen-bond donors (Lipinski definition) is 1. The Morgan fingerprint density at radius 3 is 2.50 bits per heavy atom. The first-order valence-electron chi connectivity index (χ1n) is 5.97. The summed E-state index contributed by atoms with van der Waals surface area (Å²) < 4.78 is 0. The molecule has 0 aliphatic rings. The minimum absolute atomic E-state index is 0.511. The van der Waals surface area contributed by atoms with Gasteiger partial charge in [-0.3, -0.25) is 9.88 Å². The van der Waals surface area contributed by atoms with Crippen molar-refractivity contribution in [2.45, 2.75) is 39.4 Å². The van der Waals surface area contributed by atoms with Crippen LogP contribution in [0.3, 0.4) is 0 Å². The van der Waals surface area contributed by atoms with Gasteiger partial charge < -0.3 is 5.32 Å². The Hall–Kier alpha value is -0.930. The average molecular weight is 221 g/mol. The number of nitrogens with one attached hydrogen (secondary N) is 1. The maximum atomic E-state index is 4.03.